The molecule has 0 aliphatic carbocycles. The first kappa shape index (κ1) is 12.7. The summed E-state index contributed by atoms with van der Waals surface area (Å²) >= 11 is 0. The molecule has 1 saturated heterocycles. The maximum atomic E-state index is 8.43. The van der Waals surface area contributed by atoms with Crippen molar-refractivity contribution in [1.82, 2.24) is 0 Å². The second-order valence-electron chi connectivity index (χ2n) is 4.36. The molecule has 1 aromatic rings. The summed E-state index contributed by atoms with van der Waals surface area (Å²) < 4.78 is 10.6. The number of hydrogen-bond donors (Lipinski definition) is 1. The van der Waals surface area contributed by atoms with Crippen LogP contribution in [0.15, 0.2) is 24.3 Å². The van der Waals surface area contributed by atoms with Crippen molar-refractivity contribution >= 4 is 5.69 Å². The standard InChI is InChI=1S/C14H18N2O2/c15-8-11-18-14-5-3-13(4-6-14)16-12-2-1-9-17-10-7-12/h3-6,12,16H,1-2,7,9-11H2. The summed E-state index contributed by atoms with van der Waals surface area (Å²) in [4.78, 5) is 0. The number of rotatable bonds is 4. The molecule has 4 nitrogen and oxygen atoms in total. The van der Waals surface area contributed by atoms with Gasteiger partial charge in [-0.1, -0.05) is 0 Å². The van der Waals surface area contributed by atoms with Crippen molar-refractivity contribution in [2.24, 2.45) is 0 Å². The summed E-state index contributed by atoms with van der Waals surface area (Å²) in [5.74, 6) is 0.728. The lowest BCUT2D eigenvalue weighted by molar-refractivity contribution is 0.144. The third kappa shape index (κ3) is 3.94. The number of nitrogens with zero attached hydrogens (tertiary/aromatic N) is 1. The minimum Gasteiger partial charge on any atom is -0.479 e. The van der Waals surface area contributed by atoms with Gasteiger partial charge >= 0.3 is 0 Å². The molecule has 1 N–H and O–H groups in total. The number of ether oxygens (including phenoxy) is 2. The summed E-state index contributed by atoms with van der Waals surface area (Å²) in [5, 5.41) is 11.9. The molecule has 1 aliphatic heterocycles. The van der Waals surface area contributed by atoms with E-state index in [1.165, 1.54) is 0 Å². The van der Waals surface area contributed by atoms with Crippen molar-refractivity contribution in [2.45, 2.75) is 25.3 Å². The quantitative estimate of drug-likeness (QED) is 0.887. The van der Waals surface area contributed by atoms with Crippen molar-refractivity contribution in [3.8, 4) is 11.8 Å². The number of nitriles is 1. The highest BCUT2D eigenvalue weighted by molar-refractivity contribution is 5.47. The molecule has 1 fully saturated rings. The van der Waals surface area contributed by atoms with E-state index in [0.29, 0.717) is 6.04 Å². The predicted octanol–water partition coefficient (Wildman–Crippen LogP) is 2.57. The van der Waals surface area contributed by atoms with Gasteiger partial charge in [0.15, 0.2) is 6.61 Å². The van der Waals surface area contributed by atoms with Crippen LogP contribution in [0.3, 0.4) is 0 Å². The first-order valence-corrected chi connectivity index (χ1v) is 6.32. The molecular weight excluding hydrogens is 228 g/mol. The first-order valence-electron chi connectivity index (χ1n) is 6.32. The Hall–Kier alpha value is -1.73. The smallest absolute Gasteiger partial charge is 0.174 e. The molecule has 0 bridgehead atoms. The van der Waals surface area contributed by atoms with Crippen molar-refractivity contribution in [3.05, 3.63) is 24.3 Å². The molecule has 0 amide bonds. The SMILES string of the molecule is N#CCOc1ccc(NC2CCCOCC2)cc1. The average molecular weight is 246 g/mol. The van der Waals surface area contributed by atoms with Gasteiger partial charge in [-0.2, -0.15) is 5.26 Å². The number of benzene rings is 1. The number of hydrogen-bond acceptors (Lipinski definition) is 4. The van der Waals surface area contributed by atoms with Crippen molar-refractivity contribution in [3.63, 3.8) is 0 Å². The number of anilines is 1. The fourth-order valence-electron chi connectivity index (χ4n) is 2.05. The van der Waals surface area contributed by atoms with E-state index < -0.39 is 0 Å². The monoisotopic (exact) mass is 246 g/mol. The largest absolute Gasteiger partial charge is 0.479 e. The van der Waals surface area contributed by atoms with Crippen LogP contribution in [-0.4, -0.2) is 25.9 Å². The second-order valence-corrected chi connectivity index (χ2v) is 4.36. The van der Waals surface area contributed by atoms with Crippen LogP contribution < -0.4 is 10.1 Å². The van der Waals surface area contributed by atoms with Gasteiger partial charge in [0.25, 0.3) is 0 Å². The van der Waals surface area contributed by atoms with Crippen LogP contribution in [0.25, 0.3) is 0 Å². The summed E-state index contributed by atoms with van der Waals surface area (Å²) in [6, 6.07) is 10.2. The van der Waals surface area contributed by atoms with Crippen LogP contribution in [0.5, 0.6) is 5.75 Å². The van der Waals surface area contributed by atoms with Crippen LogP contribution in [-0.2, 0) is 4.74 Å². The van der Waals surface area contributed by atoms with Gasteiger partial charge in [-0.25, -0.2) is 0 Å². The van der Waals surface area contributed by atoms with Crippen LogP contribution in [0.4, 0.5) is 5.69 Å². The van der Waals surface area contributed by atoms with Crippen LogP contribution in [0.2, 0.25) is 0 Å². The second kappa shape index (κ2) is 6.87. The number of nitrogens with one attached hydrogen (secondary N) is 1. The van der Waals surface area contributed by atoms with E-state index >= 15 is 0 Å². The lowest BCUT2D eigenvalue weighted by Crippen LogP contribution is -2.19. The van der Waals surface area contributed by atoms with Gasteiger partial charge in [0.05, 0.1) is 0 Å². The summed E-state index contributed by atoms with van der Waals surface area (Å²) in [6.07, 6.45) is 3.31. The normalized spacial score (nSPS) is 19.6. The van der Waals surface area contributed by atoms with Crippen LogP contribution >= 0.6 is 0 Å². The van der Waals surface area contributed by atoms with Crippen LogP contribution in [0, 0.1) is 11.3 Å². The Morgan fingerprint density at radius 2 is 2.11 bits per heavy atom. The molecule has 18 heavy (non-hydrogen) atoms. The molecular formula is C14H18N2O2. The zero-order valence-electron chi connectivity index (χ0n) is 10.4. The maximum Gasteiger partial charge on any atom is 0.174 e. The molecule has 1 aliphatic rings. The molecule has 0 radical (unpaired) electrons. The third-order valence-electron chi connectivity index (χ3n) is 2.98. The summed E-state index contributed by atoms with van der Waals surface area (Å²) in [7, 11) is 0. The Balaban J connectivity index is 1.87. The lowest BCUT2D eigenvalue weighted by Gasteiger charge is -2.17. The fraction of sp³-hybridized carbons (Fsp3) is 0.500. The molecule has 0 saturated carbocycles. The highest BCUT2D eigenvalue weighted by atomic mass is 16.5. The van der Waals surface area contributed by atoms with E-state index in [4.69, 9.17) is 14.7 Å². The van der Waals surface area contributed by atoms with E-state index in [2.05, 4.69) is 5.32 Å². The molecule has 1 atom stereocenters. The van der Waals surface area contributed by atoms with Gasteiger partial charge in [0, 0.05) is 24.9 Å². The molecule has 1 unspecified atom stereocenters. The first-order chi connectivity index (χ1) is 8.88. The zero-order chi connectivity index (χ0) is 12.6. The van der Waals surface area contributed by atoms with E-state index in [9.17, 15) is 0 Å². The van der Waals surface area contributed by atoms with Crippen LogP contribution in [0.1, 0.15) is 19.3 Å². The Labute approximate surface area is 108 Å². The zero-order valence-corrected chi connectivity index (χ0v) is 10.4. The molecule has 96 valence electrons. The third-order valence-corrected chi connectivity index (χ3v) is 2.98. The maximum absolute atomic E-state index is 8.43. The van der Waals surface area contributed by atoms with E-state index in [0.717, 1.165) is 43.9 Å². The fourth-order valence-corrected chi connectivity index (χ4v) is 2.05. The summed E-state index contributed by atoms with van der Waals surface area (Å²) in [5.41, 5.74) is 1.09. The van der Waals surface area contributed by atoms with Gasteiger partial charge in [-0.3, -0.25) is 0 Å². The Bertz CT molecular complexity index is 389. The van der Waals surface area contributed by atoms with Gasteiger partial charge in [0.1, 0.15) is 11.8 Å². The van der Waals surface area contributed by atoms with Crippen molar-refractivity contribution < 1.29 is 9.47 Å². The van der Waals surface area contributed by atoms with E-state index in [1.54, 1.807) is 0 Å². The molecule has 0 aromatic heterocycles. The average Bonchev–Trinajstić information content (AvgIpc) is 2.67. The predicted molar refractivity (Wildman–Crippen MR) is 69.6 cm³/mol. The topological polar surface area (TPSA) is 54.3 Å². The van der Waals surface area contributed by atoms with Gasteiger partial charge in [-0.15, -0.1) is 0 Å². The Morgan fingerprint density at radius 1 is 1.28 bits per heavy atom. The van der Waals surface area contributed by atoms with E-state index in [-0.39, 0.29) is 6.61 Å². The minimum absolute atomic E-state index is 0.0900. The molecule has 0 spiro atoms. The van der Waals surface area contributed by atoms with Gasteiger partial charge < -0.3 is 14.8 Å². The van der Waals surface area contributed by atoms with Crippen molar-refractivity contribution in [1.29, 1.82) is 5.26 Å². The molecule has 2 rings (SSSR count). The lowest BCUT2D eigenvalue weighted by atomic mass is 10.1. The highest BCUT2D eigenvalue weighted by Gasteiger charge is 2.11. The van der Waals surface area contributed by atoms with Gasteiger partial charge in [-0.05, 0) is 43.5 Å². The summed E-state index contributed by atoms with van der Waals surface area (Å²) in [6.45, 7) is 1.80. The Kier molecular flexibility index (Phi) is 4.86. The highest BCUT2D eigenvalue weighted by Crippen LogP contribution is 2.19. The van der Waals surface area contributed by atoms with Crippen molar-refractivity contribution in [2.75, 3.05) is 25.1 Å². The molecule has 1 heterocycles. The molecule has 1 aromatic carbocycles. The van der Waals surface area contributed by atoms with Gasteiger partial charge in [0.2, 0.25) is 0 Å². The molecule has 4 heteroatoms. The Morgan fingerprint density at radius 3 is 2.89 bits per heavy atom. The van der Waals surface area contributed by atoms with E-state index in [1.807, 2.05) is 30.3 Å². The minimum atomic E-state index is 0.0900.